The highest BCUT2D eigenvalue weighted by Crippen LogP contribution is 1.84. The highest BCUT2D eigenvalue weighted by atomic mass is 32.1. The van der Waals surface area contributed by atoms with E-state index in [-0.39, 0.29) is 74.5 Å². The molecule has 0 fully saturated rings. The molecular formula is C20H43N9O13P4S4. The molecule has 0 bridgehead atoms. The molecule has 0 aromatic carbocycles. The number of carbonyl (C=O) groups is 9. The third kappa shape index (κ3) is 46.2. The van der Waals surface area contributed by atoms with Gasteiger partial charge in [-0.1, -0.05) is 0 Å². The van der Waals surface area contributed by atoms with Gasteiger partial charge < -0.3 is 34.0 Å². The van der Waals surface area contributed by atoms with E-state index in [0.717, 1.165) is 0 Å². The van der Waals surface area contributed by atoms with Crippen molar-refractivity contribution >= 4 is 142 Å². The average Bonchev–Trinajstić information content (AvgIpc) is 3.08. The van der Waals surface area contributed by atoms with Gasteiger partial charge in [-0.25, -0.2) is 0 Å². The summed E-state index contributed by atoms with van der Waals surface area (Å²) in [4.78, 5) is 96.6. The second-order valence-corrected chi connectivity index (χ2v) is 10.4. The summed E-state index contributed by atoms with van der Waals surface area (Å²) in [5, 5.41) is 7.17. The van der Waals surface area contributed by atoms with E-state index in [9.17, 15) is 43.2 Å². The molecule has 0 heterocycles. The third-order valence-corrected chi connectivity index (χ3v) is 5.27. The van der Waals surface area contributed by atoms with Gasteiger partial charge in [0.25, 0.3) is 23.6 Å². The van der Waals surface area contributed by atoms with Crippen LogP contribution in [0.3, 0.4) is 0 Å². The van der Waals surface area contributed by atoms with Crippen LogP contribution in [0.5, 0.6) is 0 Å². The van der Waals surface area contributed by atoms with Gasteiger partial charge in [-0.3, -0.25) is 75.7 Å². The van der Waals surface area contributed by atoms with Gasteiger partial charge in [0.1, 0.15) is 32.8 Å². The summed E-state index contributed by atoms with van der Waals surface area (Å²) in [5.74, 6) is -3.09. The maximum Gasteiger partial charge on any atom is 0.264 e. The molecule has 0 spiro atoms. The lowest BCUT2D eigenvalue weighted by molar-refractivity contribution is -0.133. The van der Waals surface area contributed by atoms with Crippen LogP contribution in [0.15, 0.2) is 0 Å². The highest BCUT2D eigenvalue weighted by Gasteiger charge is 2.09. The average molecular weight is 870 g/mol. The molecule has 0 radical (unpaired) electrons. The number of thiol groups is 4. The zero-order chi connectivity index (χ0) is 39.2. The Morgan fingerprint density at radius 2 is 0.800 bits per heavy atom. The van der Waals surface area contributed by atoms with E-state index in [0.29, 0.717) is 12.3 Å². The minimum absolute atomic E-state index is 0.000533. The molecule has 50 heavy (non-hydrogen) atoms. The van der Waals surface area contributed by atoms with E-state index in [4.69, 9.17) is 0 Å². The molecule has 22 nitrogen and oxygen atoms in total. The van der Waals surface area contributed by atoms with Crippen molar-refractivity contribution in [1.82, 2.24) is 48.5 Å². The van der Waals surface area contributed by atoms with E-state index in [1.165, 1.54) is 0 Å². The van der Waals surface area contributed by atoms with Crippen LogP contribution in [0.25, 0.3) is 0 Å². The Kier molecular flexibility index (Phi) is 45.7. The molecule has 0 aliphatic carbocycles. The maximum absolute atomic E-state index is 11.0. The molecule has 4 unspecified atom stereocenters. The fraction of sp³-hybridized carbons (Fsp3) is 0.550. The fourth-order valence-electron chi connectivity index (χ4n) is 1.73. The van der Waals surface area contributed by atoms with Crippen LogP contribution in [0, 0.1) is 0 Å². The Balaban J connectivity index is -0.000000288. The number of amides is 9. The molecule has 0 rings (SSSR count). The van der Waals surface area contributed by atoms with Crippen molar-refractivity contribution in [2.45, 2.75) is 6.42 Å². The lowest BCUT2D eigenvalue weighted by Gasteiger charge is -2.06. The van der Waals surface area contributed by atoms with Crippen LogP contribution >= 0.6 is 88.4 Å². The zero-order valence-corrected chi connectivity index (χ0v) is 34.4. The first kappa shape index (κ1) is 55.0. The summed E-state index contributed by atoms with van der Waals surface area (Å²) in [6, 6.07) is 0. The minimum Gasteiger partial charge on any atom is -0.356 e. The summed E-state index contributed by atoms with van der Waals surface area (Å²) in [7, 11) is 7.72. The molecule has 0 aliphatic rings. The molecule has 0 aromatic heterocycles. The van der Waals surface area contributed by atoms with Crippen molar-refractivity contribution in [3.63, 3.8) is 0 Å². The summed E-state index contributed by atoms with van der Waals surface area (Å²) >= 11 is 15.0. The van der Waals surface area contributed by atoms with E-state index in [2.05, 4.69) is 112 Å². The molecule has 9 N–H and O–H groups in total. The number of hydrogen-bond donors (Lipinski definition) is 13. The van der Waals surface area contributed by atoms with E-state index >= 15 is 0 Å². The lowest BCUT2D eigenvalue weighted by Crippen LogP contribution is -2.47. The third-order valence-electron chi connectivity index (χ3n) is 3.65. The Hall–Kier alpha value is -1.81. The van der Waals surface area contributed by atoms with Gasteiger partial charge in [0.05, 0.1) is 23.9 Å². The van der Waals surface area contributed by atoms with E-state index in [1.807, 2.05) is 43.3 Å². The first-order valence-corrected chi connectivity index (χ1v) is 17.4. The molecule has 9 amide bonds. The Morgan fingerprint density at radius 1 is 0.420 bits per heavy atom. The van der Waals surface area contributed by atoms with Gasteiger partial charge >= 0.3 is 0 Å². The SMILES string of the molecule is O=C(CC(=O)NNC(=O)COP)NCS.O=C(COP)NCCS.O=C(CS)NCC(=O)NNC(=O)COP.O=C(CS)NNC(=O)COP. The lowest BCUT2D eigenvalue weighted by atomic mass is 10.4. The monoisotopic (exact) mass is 869 g/mol. The maximum atomic E-state index is 11.0. The first-order chi connectivity index (χ1) is 23.7. The van der Waals surface area contributed by atoms with Gasteiger partial charge in [-0.15, -0.1) is 0 Å². The quantitative estimate of drug-likeness (QED) is 0.0215. The standard InChI is InChI=1S/2C6H12N3O4PS.C4H9N2O3PS.C4H10NO2PS/c10-4(1-7-6(12)3-15)8-9-5(11)2-13-14;10-4(7-3-15)1-5(11)8-9-6(12)2-13-14;7-3(1-9-10)5-6-4(8)2-11;6-4(3-7-8)5-1-2-9/h15H,1-3,14H2,(H,7,12)(H,8,10)(H,9,11);15H,1-3,14H2,(H,7,10)(H,8,11)(H,9,12);11H,1-2,10H2,(H,5,7)(H,6,8);9H,1-3,8H2,(H,5,6). The normalized spacial score (nSPS) is 9.12. The van der Waals surface area contributed by atoms with Crippen molar-refractivity contribution in [2.75, 3.05) is 62.7 Å². The van der Waals surface area contributed by atoms with Crippen molar-refractivity contribution in [3.05, 3.63) is 0 Å². The Bertz CT molecular complexity index is 1050. The van der Waals surface area contributed by atoms with Gasteiger partial charge in [-0.2, -0.15) is 50.5 Å². The Labute approximate surface area is 319 Å². The number of nitrogens with one attached hydrogen (secondary N) is 9. The molecule has 4 atom stereocenters. The van der Waals surface area contributed by atoms with Gasteiger partial charge in [0, 0.05) is 50.2 Å². The number of carbonyl (C=O) groups excluding carboxylic acids is 9. The number of hydrazine groups is 3. The fourth-order valence-corrected chi connectivity index (χ4v) is 2.82. The summed E-state index contributed by atoms with van der Waals surface area (Å²) in [6.45, 7) is -0.0327. The number of hydrogen-bond acceptors (Lipinski definition) is 17. The molecule has 0 aliphatic heterocycles. The van der Waals surface area contributed by atoms with Gasteiger partial charge in [0.2, 0.25) is 29.5 Å². The van der Waals surface area contributed by atoms with Gasteiger partial charge in [0.15, 0.2) is 0 Å². The van der Waals surface area contributed by atoms with Crippen LogP contribution in [0.2, 0.25) is 0 Å². The molecule has 30 heteroatoms. The topological polar surface area (TPSA) is 299 Å². The zero-order valence-electron chi connectivity index (χ0n) is 26.2. The Morgan fingerprint density at radius 3 is 1.18 bits per heavy atom. The minimum atomic E-state index is -0.619. The van der Waals surface area contributed by atoms with Crippen molar-refractivity contribution in [1.29, 1.82) is 0 Å². The molecule has 290 valence electrons. The number of rotatable bonds is 17. The van der Waals surface area contributed by atoms with Gasteiger partial charge in [-0.05, 0) is 0 Å². The predicted octanol–water partition coefficient (Wildman–Crippen LogP) is -4.97. The molecular weight excluding hydrogens is 826 g/mol. The van der Waals surface area contributed by atoms with E-state index in [1.54, 1.807) is 0 Å². The van der Waals surface area contributed by atoms with Crippen LogP contribution in [-0.4, -0.2) is 116 Å². The second kappa shape index (κ2) is 41.6. The van der Waals surface area contributed by atoms with Crippen LogP contribution in [0.1, 0.15) is 6.42 Å². The van der Waals surface area contributed by atoms with Crippen molar-refractivity contribution in [3.8, 4) is 0 Å². The van der Waals surface area contributed by atoms with Crippen molar-refractivity contribution in [2.24, 2.45) is 0 Å². The smallest absolute Gasteiger partial charge is 0.264 e. The summed E-state index contributed by atoms with van der Waals surface area (Å²) in [6.07, 6.45) is -0.372. The molecule has 0 aromatic rings. The van der Waals surface area contributed by atoms with Crippen molar-refractivity contribution < 1.29 is 61.2 Å². The molecule has 0 saturated carbocycles. The summed E-state index contributed by atoms with van der Waals surface area (Å²) < 4.78 is 17.7. The predicted molar refractivity (Wildman–Crippen MR) is 206 cm³/mol. The van der Waals surface area contributed by atoms with Crippen LogP contribution < -0.4 is 48.5 Å². The largest absolute Gasteiger partial charge is 0.356 e. The molecule has 0 saturated heterocycles. The summed E-state index contributed by atoms with van der Waals surface area (Å²) in [5.41, 5.74) is 12.5. The van der Waals surface area contributed by atoms with E-state index < -0.39 is 35.4 Å². The second-order valence-electron chi connectivity index (χ2n) is 7.63. The van der Waals surface area contributed by atoms with Crippen LogP contribution in [0.4, 0.5) is 0 Å². The first-order valence-electron chi connectivity index (χ1n) is 12.9. The highest BCUT2D eigenvalue weighted by molar-refractivity contribution is 7.81. The van der Waals surface area contributed by atoms with Crippen LogP contribution in [-0.2, 0) is 61.2 Å².